The number of imidazole rings is 1. The summed E-state index contributed by atoms with van der Waals surface area (Å²) in [6.45, 7) is 7.26. The van der Waals surface area contributed by atoms with Crippen LogP contribution in [0.1, 0.15) is 37.7 Å². The van der Waals surface area contributed by atoms with Gasteiger partial charge in [0.2, 0.25) is 0 Å². The summed E-state index contributed by atoms with van der Waals surface area (Å²) in [4.78, 5) is 4.43. The van der Waals surface area contributed by atoms with Gasteiger partial charge in [-0.25, -0.2) is 4.98 Å². The number of hydrogen-bond acceptors (Lipinski definition) is 2. The summed E-state index contributed by atoms with van der Waals surface area (Å²) in [5.74, 6) is 1.08. The molecule has 0 radical (unpaired) electrons. The van der Waals surface area contributed by atoms with E-state index in [-0.39, 0.29) is 5.41 Å². The fraction of sp³-hybridized carbons (Fsp3) is 0.333. The third kappa shape index (κ3) is 2.60. The van der Waals surface area contributed by atoms with E-state index in [1.807, 2.05) is 36.7 Å². The molecule has 0 amide bonds. The third-order valence-electron chi connectivity index (χ3n) is 2.82. The molecular weight excluding hydrogens is 222 g/mol. The largest absolute Gasteiger partial charge is 0.330 e. The summed E-state index contributed by atoms with van der Waals surface area (Å²) in [7, 11) is 0. The average Bonchev–Trinajstić information content (AvgIpc) is 2.78. The summed E-state index contributed by atoms with van der Waals surface area (Å²) in [5, 5.41) is 8.77. The number of aromatic nitrogens is 2. The second-order valence-corrected chi connectivity index (χ2v) is 5.44. The summed E-state index contributed by atoms with van der Waals surface area (Å²) in [6, 6.07) is 9.81. The van der Waals surface area contributed by atoms with Crippen LogP contribution in [0.15, 0.2) is 36.7 Å². The van der Waals surface area contributed by atoms with Crippen LogP contribution < -0.4 is 0 Å². The van der Waals surface area contributed by atoms with Gasteiger partial charge in [-0.05, 0) is 17.7 Å². The molecule has 3 heteroatoms. The number of nitriles is 1. The van der Waals surface area contributed by atoms with Gasteiger partial charge >= 0.3 is 0 Å². The van der Waals surface area contributed by atoms with Gasteiger partial charge in [0.25, 0.3) is 0 Å². The summed E-state index contributed by atoms with van der Waals surface area (Å²) in [6.07, 6.45) is 3.84. The Bertz CT molecular complexity index is 565. The summed E-state index contributed by atoms with van der Waals surface area (Å²) >= 11 is 0. The maximum absolute atomic E-state index is 8.77. The molecule has 1 aromatic heterocycles. The van der Waals surface area contributed by atoms with Crippen LogP contribution in [-0.4, -0.2) is 9.55 Å². The van der Waals surface area contributed by atoms with Crippen molar-refractivity contribution in [1.82, 2.24) is 9.55 Å². The molecule has 0 atom stereocenters. The molecule has 0 fully saturated rings. The standard InChI is InChI=1S/C15H17N3/c1-15(2,3)14-17-8-9-18(14)11-13-6-4-12(10-16)5-7-13/h4-9H,11H2,1-3H3. The highest BCUT2D eigenvalue weighted by molar-refractivity contribution is 5.31. The predicted molar refractivity (Wildman–Crippen MR) is 71.2 cm³/mol. The zero-order valence-corrected chi connectivity index (χ0v) is 11.0. The van der Waals surface area contributed by atoms with Crippen molar-refractivity contribution in [3.8, 4) is 6.07 Å². The van der Waals surface area contributed by atoms with Crippen LogP contribution in [0, 0.1) is 11.3 Å². The van der Waals surface area contributed by atoms with E-state index in [1.54, 1.807) is 0 Å². The molecule has 0 unspecified atom stereocenters. The van der Waals surface area contributed by atoms with Crippen LogP contribution in [0.4, 0.5) is 0 Å². The van der Waals surface area contributed by atoms with E-state index in [4.69, 9.17) is 5.26 Å². The Morgan fingerprint density at radius 2 is 1.89 bits per heavy atom. The van der Waals surface area contributed by atoms with Gasteiger partial charge in [0, 0.05) is 24.4 Å². The van der Waals surface area contributed by atoms with Crippen molar-refractivity contribution in [2.45, 2.75) is 32.7 Å². The van der Waals surface area contributed by atoms with Crippen molar-refractivity contribution in [3.63, 3.8) is 0 Å². The first kappa shape index (κ1) is 12.4. The first-order valence-electron chi connectivity index (χ1n) is 6.01. The van der Waals surface area contributed by atoms with Crippen molar-refractivity contribution >= 4 is 0 Å². The van der Waals surface area contributed by atoms with E-state index in [2.05, 4.69) is 36.4 Å². The highest BCUT2D eigenvalue weighted by Crippen LogP contribution is 2.21. The van der Waals surface area contributed by atoms with Gasteiger partial charge in [-0.3, -0.25) is 0 Å². The smallest absolute Gasteiger partial charge is 0.114 e. The molecule has 2 aromatic rings. The number of rotatable bonds is 2. The lowest BCUT2D eigenvalue weighted by Gasteiger charge is -2.19. The molecule has 92 valence electrons. The molecular formula is C15H17N3. The van der Waals surface area contributed by atoms with Crippen molar-refractivity contribution < 1.29 is 0 Å². The van der Waals surface area contributed by atoms with Gasteiger partial charge in [-0.1, -0.05) is 32.9 Å². The Balaban J connectivity index is 2.24. The SMILES string of the molecule is CC(C)(C)c1nccn1Cc1ccc(C#N)cc1. The summed E-state index contributed by atoms with van der Waals surface area (Å²) < 4.78 is 2.15. The van der Waals surface area contributed by atoms with Crippen molar-refractivity contribution in [2.75, 3.05) is 0 Å². The topological polar surface area (TPSA) is 41.6 Å². The molecule has 0 N–H and O–H groups in total. The molecule has 3 nitrogen and oxygen atoms in total. The van der Waals surface area contributed by atoms with Gasteiger partial charge < -0.3 is 4.57 Å². The number of nitrogens with zero attached hydrogens (tertiary/aromatic N) is 3. The Morgan fingerprint density at radius 3 is 2.44 bits per heavy atom. The minimum atomic E-state index is 0.0378. The molecule has 18 heavy (non-hydrogen) atoms. The van der Waals surface area contributed by atoms with Gasteiger partial charge in [0.05, 0.1) is 11.6 Å². The van der Waals surface area contributed by atoms with E-state index >= 15 is 0 Å². The second kappa shape index (κ2) is 4.66. The van der Waals surface area contributed by atoms with Crippen LogP contribution in [0.2, 0.25) is 0 Å². The van der Waals surface area contributed by atoms with Gasteiger partial charge in [0.15, 0.2) is 0 Å². The Labute approximate surface area is 108 Å². The van der Waals surface area contributed by atoms with E-state index in [0.717, 1.165) is 12.4 Å². The number of hydrogen-bond donors (Lipinski definition) is 0. The molecule has 0 aliphatic rings. The first-order chi connectivity index (χ1) is 8.50. The Morgan fingerprint density at radius 1 is 1.22 bits per heavy atom. The molecule has 0 bridgehead atoms. The van der Waals surface area contributed by atoms with E-state index in [0.29, 0.717) is 5.56 Å². The Hall–Kier alpha value is -2.08. The molecule has 1 heterocycles. The molecule has 2 rings (SSSR count). The van der Waals surface area contributed by atoms with E-state index in [1.165, 1.54) is 5.56 Å². The predicted octanol–water partition coefficient (Wildman–Crippen LogP) is 3.10. The van der Waals surface area contributed by atoms with Gasteiger partial charge in [0.1, 0.15) is 5.82 Å². The Kier molecular flexibility index (Phi) is 3.20. The van der Waals surface area contributed by atoms with Crippen LogP contribution in [0.5, 0.6) is 0 Å². The fourth-order valence-corrected chi connectivity index (χ4v) is 1.96. The lowest BCUT2D eigenvalue weighted by Crippen LogP contribution is -2.19. The average molecular weight is 239 g/mol. The van der Waals surface area contributed by atoms with Gasteiger partial charge in [-0.2, -0.15) is 5.26 Å². The van der Waals surface area contributed by atoms with Crippen molar-refractivity contribution in [2.24, 2.45) is 0 Å². The quantitative estimate of drug-likeness (QED) is 0.808. The van der Waals surface area contributed by atoms with Crippen LogP contribution in [-0.2, 0) is 12.0 Å². The second-order valence-electron chi connectivity index (χ2n) is 5.44. The van der Waals surface area contributed by atoms with E-state index < -0.39 is 0 Å². The van der Waals surface area contributed by atoms with Crippen molar-refractivity contribution in [3.05, 3.63) is 53.6 Å². The normalized spacial score (nSPS) is 11.2. The summed E-state index contributed by atoms with van der Waals surface area (Å²) in [5.41, 5.74) is 1.91. The number of benzene rings is 1. The highest BCUT2D eigenvalue weighted by Gasteiger charge is 2.19. The monoisotopic (exact) mass is 239 g/mol. The molecule has 0 spiro atoms. The first-order valence-corrected chi connectivity index (χ1v) is 6.01. The zero-order chi connectivity index (χ0) is 13.2. The van der Waals surface area contributed by atoms with E-state index in [9.17, 15) is 0 Å². The molecule has 0 saturated carbocycles. The fourth-order valence-electron chi connectivity index (χ4n) is 1.96. The van der Waals surface area contributed by atoms with Crippen LogP contribution >= 0.6 is 0 Å². The van der Waals surface area contributed by atoms with Gasteiger partial charge in [-0.15, -0.1) is 0 Å². The highest BCUT2D eigenvalue weighted by atomic mass is 15.1. The lowest BCUT2D eigenvalue weighted by atomic mass is 9.95. The third-order valence-corrected chi connectivity index (χ3v) is 2.82. The molecule has 1 aromatic carbocycles. The van der Waals surface area contributed by atoms with Crippen LogP contribution in [0.25, 0.3) is 0 Å². The lowest BCUT2D eigenvalue weighted by molar-refractivity contribution is 0.511. The maximum Gasteiger partial charge on any atom is 0.114 e. The maximum atomic E-state index is 8.77. The molecule has 0 aliphatic carbocycles. The zero-order valence-electron chi connectivity index (χ0n) is 11.0. The van der Waals surface area contributed by atoms with Crippen molar-refractivity contribution in [1.29, 1.82) is 5.26 Å². The minimum Gasteiger partial charge on any atom is -0.330 e. The molecule has 0 aliphatic heterocycles. The minimum absolute atomic E-state index is 0.0378. The van der Waals surface area contributed by atoms with Crippen LogP contribution in [0.3, 0.4) is 0 Å². The molecule has 0 saturated heterocycles.